The van der Waals surface area contributed by atoms with E-state index < -0.39 is 30.0 Å². The van der Waals surface area contributed by atoms with Crippen molar-refractivity contribution < 1.29 is 41.4 Å². The van der Waals surface area contributed by atoms with Crippen LogP contribution in [0.1, 0.15) is 5.76 Å². The molecule has 152 valence electrons. The van der Waals surface area contributed by atoms with Gasteiger partial charge < -0.3 is 13.9 Å². The zero-order valence-corrected chi connectivity index (χ0v) is 15.5. The van der Waals surface area contributed by atoms with Gasteiger partial charge >= 0.3 is 12.3 Å². The minimum atomic E-state index is -4.78. The summed E-state index contributed by atoms with van der Waals surface area (Å²) in [7, 11) is 1.14. The predicted octanol–water partition coefficient (Wildman–Crippen LogP) is 4.05. The lowest BCUT2D eigenvalue weighted by molar-refractivity contribution is -0.274. The van der Waals surface area contributed by atoms with Gasteiger partial charge in [-0.3, -0.25) is 19.3 Å². The lowest BCUT2D eigenvalue weighted by atomic mass is 10.2. The van der Waals surface area contributed by atoms with Crippen LogP contribution in [0.2, 0.25) is 0 Å². The summed E-state index contributed by atoms with van der Waals surface area (Å²) in [6.45, 7) is -0.492. The van der Waals surface area contributed by atoms with Gasteiger partial charge in [0.05, 0.1) is 12.0 Å². The van der Waals surface area contributed by atoms with Crippen molar-refractivity contribution in [2.75, 3.05) is 13.7 Å². The van der Waals surface area contributed by atoms with E-state index in [1.165, 1.54) is 24.3 Å². The number of thioether (sulfide) groups is 1. The molecule has 0 aliphatic carbocycles. The van der Waals surface area contributed by atoms with Gasteiger partial charge in [-0.25, -0.2) is 0 Å². The van der Waals surface area contributed by atoms with E-state index in [4.69, 9.17) is 4.42 Å². The second kappa shape index (κ2) is 8.03. The normalized spacial score (nSPS) is 15.9. The summed E-state index contributed by atoms with van der Waals surface area (Å²) < 4.78 is 50.4. The maximum atomic E-state index is 12.3. The highest BCUT2D eigenvalue weighted by Crippen LogP contribution is 2.33. The van der Waals surface area contributed by atoms with E-state index in [0.717, 1.165) is 24.1 Å². The highest BCUT2D eigenvalue weighted by Gasteiger charge is 2.36. The van der Waals surface area contributed by atoms with Crippen LogP contribution in [0.4, 0.5) is 18.0 Å². The Bertz CT molecular complexity index is 980. The Morgan fingerprint density at radius 2 is 1.86 bits per heavy atom. The number of rotatable bonds is 5. The van der Waals surface area contributed by atoms with Crippen LogP contribution in [0.5, 0.6) is 5.75 Å². The average Bonchev–Trinajstić information content (AvgIpc) is 3.21. The van der Waals surface area contributed by atoms with Crippen molar-refractivity contribution in [3.05, 3.63) is 47.1 Å². The molecule has 0 atom stereocenters. The second-order valence-corrected chi connectivity index (χ2v) is 6.61. The van der Waals surface area contributed by atoms with E-state index in [-0.39, 0.29) is 16.4 Å². The van der Waals surface area contributed by atoms with Crippen molar-refractivity contribution in [1.82, 2.24) is 4.90 Å². The largest absolute Gasteiger partial charge is 0.573 e. The zero-order valence-electron chi connectivity index (χ0n) is 14.7. The fraction of sp³-hybridized carbons (Fsp3) is 0.167. The van der Waals surface area contributed by atoms with E-state index in [1.54, 1.807) is 6.07 Å². The van der Waals surface area contributed by atoms with Gasteiger partial charge in [0.1, 0.15) is 23.8 Å². The summed E-state index contributed by atoms with van der Waals surface area (Å²) in [6.07, 6.45) is -3.44. The minimum absolute atomic E-state index is 0.0636. The van der Waals surface area contributed by atoms with Crippen molar-refractivity contribution in [2.45, 2.75) is 6.36 Å². The number of furan rings is 1. The lowest BCUT2D eigenvalue weighted by Crippen LogP contribution is -2.34. The molecule has 3 rings (SSSR count). The molecule has 0 radical (unpaired) electrons. The predicted molar refractivity (Wildman–Crippen MR) is 95.5 cm³/mol. The number of halogens is 3. The van der Waals surface area contributed by atoms with Crippen LogP contribution in [0.3, 0.4) is 0 Å². The van der Waals surface area contributed by atoms with Crippen molar-refractivity contribution >= 4 is 35.0 Å². The standard InChI is InChI=1S/C18H12F3NO6S/c1-26-15(23)9-22-16(24)14(29-17(22)25)8-12-6-7-13(27-12)10-2-4-11(5-3-10)28-18(19,20)21/h2-8H,9H2,1H3/b14-8-. The Kier molecular flexibility index (Phi) is 5.69. The van der Waals surface area contributed by atoms with Gasteiger partial charge in [0.15, 0.2) is 0 Å². The summed E-state index contributed by atoms with van der Waals surface area (Å²) in [5, 5.41) is -0.612. The van der Waals surface area contributed by atoms with E-state index >= 15 is 0 Å². The Hall–Kier alpha value is -3.21. The third-order valence-corrected chi connectivity index (χ3v) is 4.57. The highest BCUT2D eigenvalue weighted by atomic mass is 32.2. The Balaban J connectivity index is 1.74. The summed E-state index contributed by atoms with van der Waals surface area (Å²) in [5.41, 5.74) is 0.484. The van der Waals surface area contributed by atoms with Gasteiger partial charge in [0, 0.05) is 11.6 Å². The average molecular weight is 427 g/mol. The molecule has 1 aromatic carbocycles. The molecule has 1 saturated heterocycles. The third kappa shape index (κ3) is 4.99. The van der Waals surface area contributed by atoms with E-state index in [1.807, 2.05) is 0 Å². The molecule has 2 heterocycles. The molecular weight excluding hydrogens is 415 g/mol. The zero-order chi connectivity index (χ0) is 21.2. The first-order chi connectivity index (χ1) is 13.7. The van der Waals surface area contributed by atoms with E-state index in [2.05, 4.69) is 9.47 Å². The number of methoxy groups -OCH3 is 1. The van der Waals surface area contributed by atoms with Gasteiger partial charge in [0.25, 0.3) is 11.1 Å². The topological polar surface area (TPSA) is 86.1 Å². The third-order valence-electron chi connectivity index (χ3n) is 3.66. The van der Waals surface area contributed by atoms with Crippen LogP contribution in [-0.2, 0) is 14.3 Å². The van der Waals surface area contributed by atoms with Crippen molar-refractivity contribution in [3.63, 3.8) is 0 Å². The SMILES string of the molecule is COC(=O)CN1C(=O)S/C(=C\c2ccc(-c3ccc(OC(F)(F)F)cc3)o2)C1=O. The van der Waals surface area contributed by atoms with E-state index in [9.17, 15) is 27.6 Å². The summed E-state index contributed by atoms with van der Waals surface area (Å²) in [5.74, 6) is -1.17. The van der Waals surface area contributed by atoms with Crippen LogP contribution in [0.15, 0.2) is 45.7 Å². The monoisotopic (exact) mass is 427 g/mol. The number of alkyl halides is 3. The highest BCUT2D eigenvalue weighted by molar-refractivity contribution is 8.18. The van der Waals surface area contributed by atoms with Crippen LogP contribution in [-0.4, -0.2) is 42.0 Å². The Morgan fingerprint density at radius 1 is 1.17 bits per heavy atom. The van der Waals surface area contributed by atoms with Crippen LogP contribution >= 0.6 is 11.8 Å². The lowest BCUT2D eigenvalue weighted by Gasteiger charge is -2.09. The maximum Gasteiger partial charge on any atom is 0.573 e. The van der Waals surface area contributed by atoms with E-state index in [0.29, 0.717) is 23.1 Å². The smallest absolute Gasteiger partial charge is 0.468 e. The first-order valence-corrected chi connectivity index (χ1v) is 8.76. The van der Waals surface area contributed by atoms with Crippen molar-refractivity contribution in [2.24, 2.45) is 0 Å². The number of esters is 1. The minimum Gasteiger partial charge on any atom is -0.468 e. The molecule has 1 aliphatic rings. The summed E-state index contributed by atoms with van der Waals surface area (Å²) in [6, 6.07) is 8.14. The van der Waals surface area contributed by atoms with Gasteiger partial charge in [-0.1, -0.05) is 0 Å². The molecule has 0 bridgehead atoms. The molecule has 2 amide bonds. The molecule has 0 spiro atoms. The van der Waals surface area contributed by atoms with Gasteiger partial charge in [-0.05, 0) is 48.2 Å². The summed E-state index contributed by atoms with van der Waals surface area (Å²) in [4.78, 5) is 36.3. The number of amides is 2. The molecule has 0 saturated carbocycles. The van der Waals surface area contributed by atoms with Crippen molar-refractivity contribution in [1.29, 1.82) is 0 Å². The number of benzene rings is 1. The molecule has 1 aliphatic heterocycles. The van der Waals surface area contributed by atoms with Gasteiger partial charge in [-0.15, -0.1) is 13.2 Å². The molecule has 0 N–H and O–H groups in total. The number of carbonyl (C=O) groups is 3. The number of carbonyl (C=O) groups excluding carboxylic acids is 3. The number of hydrogen-bond acceptors (Lipinski definition) is 7. The van der Waals surface area contributed by atoms with Crippen LogP contribution in [0.25, 0.3) is 17.4 Å². The Labute approximate surface area is 166 Å². The molecule has 0 unspecified atom stereocenters. The molecule has 11 heteroatoms. The quantitative estimate of drug-likeness (QED) is 0.526. The fourth-order valence-corrected chi connectivity index (χ4v) is 3.18. The number of nitrogens with zero attached hydrogens (tertiary/aromatic N) is 1. The molecule has 1 fully saturated rings. The Morgan fingerprint density at radius 3 is 2.48 bits per heavy atom. The van der Waals surface area contributed by atoms with Crippen LogP contribution in [0, 0.1) is 0 Å². The molecule has 2 aromatic rings. The molecule has 1 aromatic heterocycles. The molecular formula is C18H12F3NO6S. The first kappa shape index (κ1) is 20.5. The van der Waals surface area contributed by atoms with Crippen LogP contribution < -0.4 is 4.74 Å². The fourth-order valence-electron chi connectivity index (χ4n) is 2.37. The van der Waals surface area contributed by atoms with Gasteiger partial charge in [0.2, 0.25) is 0 Å². The number of imide groups is 1. The summed E-state index contributed by atoms with van der Waals surface area (Å²) >= 11 is 0.649. The number of ether oxygens (including phenoxy) is 2. The molecule has 29 heavy (non-hydrogen) atoms. The first-order valence-electron chi connectivity index (χ1n) is 7.94. The number of hydrogen-bond donors (Lipinski definition) is 0. The molecule has 7 nitrogen and oxygen atoms in total. The maximum absolute atomic E-state index is 12.3. The second-order valence-electron chi connectivity index (χ2n) is 5.62. The van der Waals surface area contributed by atoms with Crippen molar-refractivity contribution in [3.8, 4) is 17.1 Å². The van der Waals surface area contributed by atoms with Gasteiger partial charge in [-0.2, -0.15) is 0 Å².